The molecule has 3 rings (SSSR count). The molecule has 0 aromatic carbocycles. The van der Waals surface area contributed by atoms with Crippen molar-refractivity contribution in [1.82, 2.24) is 24.5 Å². The molecule has 7 nitrogen and oxygen atoms in total. The zero-order valence-corrected chi connectivity index (χ0v) is 14.3. The van der Waals surface area contributed by atoms with Gasteiger partial charge in [-0.05, 0) is 35.7 Å². The number of aromatic nitrogens is 5. The normalized spacial score (nSPS) is 16.2. The van der Waals surface area contributed by atoms with Gasteiger partial charge in [-0.2, -0.15) is 5.10 Å². The lowest BCUT2D eigenvalue weighted by atomic mass is 9.95. The molecule has 118 valence electrons. The van der Waals surface area contributed by atoms with Gasteiger partial charge in [0.15, 0.2) is 0 Å². The highest BCUT2D eigenvalue weighted by molar-refractivity contribution is 9.10. The fourth-order valence-electron chi connectivity index (χ4n) is 2.92. The Bertz CT molecular complexity index is 716. The van der Waals surface area contributed by atoms with Gasteiger partial charge in [0.25, 0.3) is 5.56 Å². The van der Waals surface area contributed by atoms with Crippen molar-refractivity contribution in [2.45, 2.75) is 32.2 Å². The molecule has 0 spiro atoms. The van der Waals surface area contributed by atoms with E-state index in [1.54, 1.807) is 19.6 Å². The van der Waals surface area contributed by atoms with E-state index < -0.39 is 0 Å². The van der Waals surface area contributed by atoms with E-state index in [4.69, 9.17) is 0 Å². The summed E-state index contributed by atoms with van der Waals surface area (Å²) in [6.45, 7) is 4.76. The second-order valence-electron chi connectivity index (χ2n) is 5.51. The monoisotopic (exact) mass is 366 g/mol. The third kappa shape index (κ3) is 2.67. The van der Waals surface area contributed by atoms with Crippen LogP contribution in [0.3, 0.4) is 0 Å². The summed E-state index contributed by atoms with van der Waals surface area (Å²) in [5.74, 6) is 1.50. The quantitative estimate of drug-likeness (QED) is 0.823. The summed E-state index contributed by atoms with van der Waals surface area (Å²) in [5, 5.41) is 12.4. The number of halogens is 1. The Morgan fingerprint density at radius 1 is 1.36 bits per heavy atom. The Labute approximate surface area is 137 Å². The number of piperidine rings is 1. The number of hydrogen-bond donors (Lipinski definition) is 0. The second-order valence-corrected chi connectivity index (χ2v) is 6.30. The lowest BCUT2D eigenvalue weighted by Crippen LogP contribution is -2.35. The maximum Gasteiger partial charge on any atom is 0.282 e. The molecule has 22 heavy (non-hydrogen) atoms. The first-order valence-electron chi connectivity index (χ1n) is 7.46. The van der Waals surface area contributed by atoms with Crippen molar-refractivity contribution >= 4 is 21.6 Å². The number of nitrogens with zero attached hydrogens (tertiary/aromatic N) is 6. The van der Waals surface area contributed by atoms with Crippen molar-refractivity contribution in [1.29, 1.82) is 0 Å². The SMILES string of the molecule is CCn1cnnc1C1CCN(c2cnn(C)c(=O)c2Br)CC1. The van der Waals surface area contributed by atoms with Crippen molar-refractivity contribution in [3.8, 4) is 0 Å². The zero-order chi connectivity index (χ0) is 15.7. The molecule has 0 N–H and O–H groups in total. The van der Waals surface area contributed by atoms with Crippen molar-refractivity contribution < 1.29 is 0 Å². The van der Waals surface area contributed by atoms with Gasteiger partial charge >= 0.3 is 0 Å². The van der Waals surface area contributed by atoms with Gasteiger partial charge in [0.05, 0.1) is 11.9 Å². The third-order valence-corrected chi connectivity index (χ3v) is 4.99. The first-order chi connectivity index (χ1) is 10.6. The van der Waals surface area contributed by atoms with E-state index in [-0.39, 0.29) is 5.56 Å². The molecule has 0 saturated carbocycles. The molecular weight excluding hydrogens is 348 g/mol. The van der Waals surface area contributed by atoms with Gasteiger partial charge in [-0.15, -0.1) is 10.2 Å². The van der Waals surface area contributed by atoms with Crippen LogP contribution in [0.4, 0.5) is 5.69 Å². The summed E-state index contributed by atoms with van der Waals surface area (Å²) < 4.78 is 4.03. The van der Waals surface area contributed by atoms with E-state index in [1.807, 2.05) is 0 Å². The lowest BCUT2D eigenvalue weighted by molar-refractivity contribution is 0.466. The molecule has 1 saturated heterocycles. The summed E-state index contributed by atoms with van der Waals surface area (Å²) >= 11 is 3.40. The lowest BCUT2D eigenvalue weighted by Gasteiger charge is -2.33. The minimum Gasteiger partial charge on any atom is -0.369 e. The van der Waals surface area contributed by atoms with Crippen molar-refractivity contribution in [3.63, 3.8) is 0 Å². The van der Waals surface area contributed by atoms with Gasteiger partial charge in [-0.1, -0.05) is 0 Å². The largest absolute Gasteiger partial charge is 0.369 e. The van der Waals surface area contributed by atoms with Gasteiger partial charge < -0.3 is 9.47 Å². The predicted molar refractivity (Wildman–Crippen MR) is 87.1 cm³/mol. The summed E-state index contributed by atoms with van der Waals surface area (Å²) in [7, 11) is 1.65. The van der Waals surface area contributed by atoms with Crippen LogP contribution in [0.2, 0.25) is 0 Å². The minimum atomic E-state index is -0.106. The molecule has 0 bridgehead atoms. The minimum absolute atomic E-state index is 0.106. The molecule has 0 atom stereocenters. The highest BCUT2D eigenvalue weighted by Gasteiger charge is 2.26. The Balaban J connectivity index is 1.75. The van der Waals surface area contributed by atoms with E-state index >= 15 is 0 Å². The van der Waals surface area contributed by atoms with E-state index in [1.165, 1.54) is 4.68 Å². The van der Waals surface area contributed by atoms with Crippen LogP contribution in [-0.2, 0) is 13.6 Å². The van der Waals surface area contributed by atoms with Crippen LogP contribution in [-0.4, -0.2) is 37.6 Å². The van der Waals surface area contributed by atoms with Crippen LogP contribution in [0, 0.1) is 0 Å². The standard InChI is InChI=1S/C14H19BrN6O/c1-3-20-9-16-18-13(20)10-4-6-21(7-5-10)11-8-17-19(2)14(22)12(11)15/h8-10H,3-7H2,1-2H3. The van der Waals surface area contributed by atoms with E-state index in [0.717, 1.165) is 44.0 Å². The molecule has 2 aromatic heterocycles. The highest BCUT2D eigenvalue weighted by Crippen LogP contribution is 2.31. The second kappa shape index (κ2) is 6.20. The predicted octanol–water partition coefficient (Wildman–Crippen LogP) is 1.54. The zero-order valence-electron chi connectivity index (χ0n) is 12.7. The first kappa shape index (κ1) is 15.2. The van der Waals surface area contributed by atoms with Gasteiger partial charge in [-0.25, -0.2) is 4.68 Å². The first-order valence-corrected chi connectivity index (χ1v) is 8.25. The maximum atomic E-state index is 12.0. The van der Waals surface area contributed by atoms with Gasteiger partial charge in [0, 0.05) is 32.6 Å². The molecule has 0 amide bonds. The van der Waals surface area contributed by atoms with Crippen molar-refractivity contribution in [2.24, 2.45) is 7.05 Å². The van der Waals surface area contributed by atoms with Crippen molar-refractivity contribution in [3.05, 3.63) is 33.2 Å². The number of hydrogen-bond acceptors (Lipinski definition) is 5. The van der Waals surface area contributed by atoms with Gasteiger partial charge in [-0.3, -0.25) is 4.79 Å². The fraction of sp³-hybridized carbons (Fsp3) is 0.571. The topological polar surface area (TPSA) is 68.8 Å². The molecule has 3 heterocycles. The van der Waals surface area contributed by atoms with Crippen LogP contribution in [0.1, 0.15) is 31.5 Å². The average Bonchev–Trinajstić information content (AvgIpc) is 3.02. The van der Waals surface area contributed by atoms with Crippen LogP contribution >= 0.6 is 15.9 Å². The Hall–Kier alpha value is -1.70. The molecule has 8 heteroatoms. The summed E-state index contributed by atoms with van der Waals surface area (Å²) in [5.41, 5.74) is 0.767. The summed E-state index contributed by atoms with van der Waals surface area (Å²) in [4.78, 5) is 14.2. The van der Waals surface area contributed by atoms with Crippen molar-refractivity contribution in [2.75, 3.05) is 18.0 Å². The van der Waals surface area contributed by atoms with E-state index in [9.17, 15) is 4.79 Å². The number of anilines is 1. The van der Waals surface area contributed by atoms with Crippen LogP contribution in [0.15, 0.2) is 21.8 Å². The van der Waals surface area contributed by atoms with E-state index in [0.29, 0.717) is 10.4 Å². The number of aryl methyl sites for hydroxylation is 2. The summed E-state index contributed by atoms with van der Waals surface area (Å²) in [6.07, 6.45) is 5.55. The Morgan fingerprint density at radius 2 is 2.09 bits per heavy atom. The van der Waals surface area contributed by atoms with Crippen LogP contribution in [0.25, 0.3) is 0 Å². The smallest absolute Gasteiger partial charge is 0.282 e. The Kier molecular flexibility index (Phi) is 4.28. The van der Waals surface area contributed by atoms with Gasteiger partial charge in [0.1, 0.15) is 16.6 Å². The van der Waals surface area contributed by atoms with Crippen LogP contribution in [0.5, 0.6) is 0 Å². The van der Waals surface area contributed by atoms with E-state index in [2.05, 4.69) is 47.6 Å². The summed E-state index contributed by atoms with van der Waals surface area (Å²) in [6, 6.07) is 0. The van der Waals surface area contributed by atoms with Gasteiger partial charge in [0.2, 0.25) is 0 Å². The third-order valence-electron chi connectivity index (χ3n) is 4.25. The molecule has 1 aliphatic rings. The molecule has 2 aromatic rings. The Morgan fingerprint density at radius 3 is 2.77 bits per heavy atom. The molecule has 0 aliphatic carbocycles. The molecular formula is C14H19BrN6O. The maximum absolute atomic E-state index is 12.0. The molecule has 1 fully saturated rings. The molecule has 0 radical (unpaired) electrons. The molecule has 1 aliphatic heterocycles. The number of rotatable bonds is 3. The average molecular weight is 367 g/mol. The highest BCUT2D eigenvalue weighted by atomic mass is 79.9. The molecule has 0 unspecified atom stereocenters. The fourth-order valence-corrected chi connectivity index (χ4v) is 3.53. The van der Waals surface area contributed by atoms with Crippen LogP contribution < -0.4 is 10.5 Å².